The third-order valence-corrected chi connectivity index (χ3v) is 2.28. The van der Waals surface area contributed by atoms with Gasteiger partial charge < -0.3 is 15.3 Å². The smallest absolute Gasteiger partial charge is 0.354 e. The maximum absolute atomic E-state index is 10.6. The van der Waals surface area contributed by atoms with Crippen LogP contribution in [0.1, 0.15) is 6.42 Å². The number of nitrogens with zero attached hydrogens (tertiary/aromatic N) is 1. The van der Waals surface area contributed by atoms with Crippen molar-refractivity contribution < 1.29 is 14.7 Å². The lowest BCUT2D eigenvalue weighted by Gasteiger charge is -2.23. The number of oxime groups is 1. The summed E-state index contributed by atoms with van der Waals surface area (Å²) < 4.78 is 0. The minimum absolute atomic E-state index is 0.0163. The molecule has 0 aromatic rings. The number of hydrogen-bond donors (Lipinski definition) is 2. The van der Waals surface area contributed by atoms with Gasteiger partial charge in [0.2, 0.25) is 0 Å². The SMILES string of the molecule is O=C(O)C1=NO[C@@H]2CCNC[C@H]12. The van der Waals surface area contributed by atoms with Gasteiger partial charge in [0.15, 0.2) is 5.71 Å². The van der Waals surface area contributed by atoms with Crippen molar-refractivity contribution in [3.05, 3.63) is 0 Å². The molecule has 0 aromatic heterocycles. The van der Waals surface area contributed by atoms with Crippen molar-refractivity contribution in [2.45, 2.75) is 12.5 Å². The van der Waals surface area contributed by atoms with Crippen LogP contribution in [0.4, 0.5) is 0 Å². The normalized spacial score (nSPS) is 33.5. The summed E-state index contributed by atoms with van der Waals surface area (Å²) in [5, 5.41) is 15.4. The van der Waals surface area contributed by atoms with E-state index >= 15 is 0 Å². The van der Waals surface area contributed by atoms with E-state index in [0.717, 1.165) is 13.0 Å². The molecule has 2 heterocycles. The molecule has 2 aliphatic heterocycles. The van der Waals surface area contributed by atoms with Gasteiger partial charge in [0.05, 0.1) is 5.92 Å². The minimum atomic E-state index is -0.966. The molecular weight excluding hydrogens is 160 g/mol. The van der Waals surface area contributed by atoms with E-state index in [0.29, 0.717) is 6.54 Å². The monoisotopic (exact) mass is 170 g/mol. The third kappa shape index (κ3) is 1.06. The molecule has 12 heavy (non-hydrogen) atoms. The average molecular weight is 170 g/mol. The van der Waals surface area contributed by atoms with Crippen molar-refractivity contribution >= 4 is 11.7 Å². The standard InChI is InChI=1S/C7H10N2O3/c10-7(11)6-4-3-8-2-1-5(4)12-9-6/h4-5,8H,1-3H2,(H,10,11)/t4-,5+/m0/s1. The van der Waals surface area contributed by atoms with Gasteiger partial charge in [-0.1, -0.05) is 5.16 Å². The Bertz CT molecular complexity index is 239. The number of rotatable bonds is 1. The maximum Gasteiger partial charge on any atom is 0.354 e. The summed E-state index contributed by atoms with van der Waals surface area (Å²) in [5.41, 5.74) is 0.159. The number of aliphatic carboxylic acids is 1. The molecule has 2 aliphatic rings. The topological polar surface area (TPSA) is 70.9 Å². The zero-order valence-corrected chi connectivity index (χ0v) is 6.49. The first-order chi connectivity index (χ1) is 5.79. The largest absolute Gasteiger partial charge is 0.477 e. The van der Waals surface area contributed by atoms with Crippen molar-refractivity contribution in [3.8, 4) is 0 Å². The lowest BCUT2D eigenvalue weighted by molar-refractivity contribution is -0.129. The Morgan fingerprint density at radius 2 is 2.58 bits per heavy atom. The van der Waals surface area contributed by atoms with E-state index in [4.69, 9.17) is 9.94 Å². The molecule has 2 rings (SSSR count). The second-order valence-electron chi connectivity index (χ2n) is 3.02. The summed E-state index contributed by atoms with van der Waals surface area (Å²) in [6.07, 6.45) is 0.822. The van der Waals surface area contributed by atoms with Crippen molar-refractivity contribution in [2.24, 2.45) is 11.1 Å². The van der Waals surface area contributed by atoms with E-state index in [1.807, 2.05) is 0 Å². The number of carboxylic acid groups (broad SMARTS) is 1. The Morgan fingerprint density at radius 1 is 1.75 bits per heavy atom. The highest BCUT2D eigenvalue weighted by Crippen LogP contribution is 2.23. The summed E-state index contributed by atoms with van der Waals surface area (Å²) in [5.74, 6) is -1.03. The molecular formula is C7H10N2O3. The number of nitrogens with one attached hydrogen (secondary N) is 1. The van der Waals surface area contributed by atoms with Gasteiger partial charge in [0, 0.05) is 13.0 Å². The summed E-state index contributed by atoms with van der Waals surface area (Å²) >= 11 is 0. The Labute approximate surface area is 69.4 Å². The Morgan fingerprint density at radius 3 is 3.33 bits per heavy atom. The first-order valence-electron chi connectivity index (χ1n) is 3.97. The average Bonchev–Trinajstić information content (AvgIpc) is 2.47. The molecule has 0 aliphatic carbocycles. The van der Waals surface area contributed by atoms with Crippen LogP contribution in [-0.2, 0) is 9.63 Å². The molecule has 0 spiro atoms. The zero-order valence-electron chi connectivity index (χ0n) is 6.49. The zero-order chi connectivity index (χ0) is 8.55. The molecule has 0 saturated carbocycles. The summed E-state index contributed by atoms with van der Waals surface area (Å²) in [4.78, 5) is 15.6. The first-order valence-corrected chi connectivity index (χ1v) is 3.97. The van der Waals surface area contributed by atoms with E-state index in [-0.39, 0.29) is 17.7 Å². The molecule has 66 valence electrons. The van der Waals surface area contributed by atoms with Crippen molar-refractivity contribution in [1.82, 2.24) is 5.32 Å². The van der Waals surface area contributed by atoms with Crippen LogP contribution >= 0.6 is 0 Å². The molecule has 5 heteroatoms. The Balaban J connectivity index is 2.13. The van der Waals surface area contributed by atoms with Gasteiger partial charge >= 0.3 is 5.97 Å². The molecule has 5 nitrogen and oxygen atoms in total. The Hall–Kier alpha value is -1.10. The predicted molar refractivity (Wildman–Crippen MR) is 40.9 cm³/mol. The lowest BCUT2D eigenvalue weighted by Crippen LogP contribution is -2.43. The summed E-state index contributed by atoms with van der Waals surface area (Å²) in [6, 6.07) is 0. The van der Waals surface area contributed by atoms with E-state index < -0.39 is 5.97 Å². The highest BCUT2D eigenvalue weighted by molar-refractivity contribution is 6.36. The predicted octanol–water partition coefficient (Wildman–Crippen LogP) is -0.565. The molecule has 0 aromatic carbocycles. The Kier molecular flexibility index (Phi) is 1.73. The van der Waals surface area contributed by atoms with E-state index in [2.05, 4.69) is 10.5 Å². The minimum Gasteiger partial charge on any atom is -0.477 e. The third-order valence-electron chi connectivity index (χ3n) is 2.28. The lowest BCUT2D eigenvalue weighted by atomic mass is 9.92. The van der Waals surface area contributed by atoms with Crippen LogP contribution in [0.5, 0.6) is 0 Å². The highest BCUT2D eigenvalue weighted by Gasteiger charge is 2.39. The van der Waals surface area contributed by atoms with Gasteiger partial charge in [-0.2, -0.15) is 0 Å². The van der Waals surface area contributed by atoms with E-state index in [1.165, 1.54) is 0 Å². The molecule has 0 amide bonds. The molecule has 1 saturated heterocycles. The second kappa shape index (κ2) is 2.75. The van der Waals surface area contributed by atoms with Crippen LogP contribution in [-0.4, -0.2) is 36.0 Å². The number of fused-ring (bicyclic) bond motifs is 1. The van der Waals surface area contributed by atoms with E-state index in [1.54, 1.807) is 0 Å². The first kappa shape index (κ1) is 7.54. The number of carbonyl (C=O) groups is 1. The van der Waals surface area contributed by atoms with Gasteiger partial charge in [0.25, 0.3) is 0 Å². The molecule has 2 atom stereocenters. The van der Waals surface area contributed by atoms with Gasteiger partial charge in [-0.3, -0.25) is 0 Å². The van der Waals surface area contributed by atoms with Crippen LogP contribution in [0.15, 0.2) is 5.16 Å². The van der Waals surface area contributed by atoms with Gasteiger partial charge in [-0.15, -0.1) is 0 Å². The second-order valence-corrected chi connectivity index (χ2v) is 3.02. The number of hydrogen-bond acceptors (Lipinski definition) is 4. The van der Waals surface area contributed by atoms with Crippen LogP contribution in [0.3, 0.4) is 0 Å². The van der Waals surface area contributed by atoms with Crippen molar-refractivity contribution in [2.75, 3.05) is 13.1 Å². The van der Waals surface area contributed by atoms with Gasteiger partial charge in [0.1, 0.15) is 6.10 Å². The molecule has 0 unspecified atom stereocenters. The highest BCUT2D eigenvalue weighted by atomic mass is 16.6. The fourth-order valence-electron chi connectivity index (χ4n) is 1.62. The van der Waals surface area contributed by atoms with Crippen molar-refractivity contribution in [3.63, 3.8) is 0 Å². The number of carboxylic acids is 1. The summed E-state index contributed by atoms with van der Waals surface area (Å²) in [7, 11) is 0. The molecule has 0 radical (unpaired) electrons. The van der Waals surface area contributed by atoms with E-state index in [9.17, 15) is 4.79 Å². The molecule has 2 N–H and O–H groups in total. The van der Waals surface area contributed by atoms with Gasteiger partial charge in [-0.25, -0.2) is 4.79 Å². The fourth-order valence-corrected chi connectivity index (χ4v) is 1.62. The van der Waals surface area contributed by atoms with Crippen molar-refractivity contribution in [1.29, 1.82) is 0 Å². The van der Waals surface area contributed by atoms with Crippen LogP contribution in [0.2, 0.25) is 0 Å². The maximum atomic E-state index is 10.6. The van der Waals surface area contributed by atoms with Gasteiger partial charge in [-0.05, 0) is 6.54 Å². The summed E-state index contributed by atoms with van der Waals surface area (Å²) in [6.45, 7) is 1.54. The molecule has 0 bridgehead atoms. The van der Waals surface area contributed by atoms with Crippen LogP contribution in [0.25, 0.3) is 0 Å². The van der Waals surface area contributed by atoms with Crippen LogP contribution < -0.4 is 5.32 Å². The fraction of sp³-hybridized carbons (Fsp3) is 0.714. The quantitative estimate of drug-likeness (QED) is 0.553. The number of piperidine rings is 1. The molecule has 1 fully saturated rings. The van der Waals surface area contributed by atoms with Crippen LogP contribution in [0, 0.1) is 5.92 Å².